The number of aromatic amines is 1. The Balaban J connectivity index is 1.17. The van der Waals surface area contributed by atoms with Gasteiger partial charge in [0.25, 0.3) is 0 Å². The van der Waals surface area contributed by atoms with E-state index in [1.54, 1.807) is 6.20 Å². The predicted octanol–water partition coefficient (Wildman–Crippen LogP) is 3.95. The van der Waals surface area contributed by atoms with E-state index in [9.17, 15) is 0 Å². The first-order chi connectivity index (χ1) is 14.3. The number of benzene rings is 2. The fraction of sp³-hybridized carbons (Fsp3) is 0.182. The van der Waals surface area contributed by atoms with Gasteiger partial charge in [-0.05, 0) is 41.8 Å². The number of ether oxygens (including phenoxy) is 2. The minimum atomic E-state index is 0.279. The van der Waals surface area contributed by atoms with Crippen LogP contribution >= 0.6 is 0 Å². The maximum atomic E-state index is 5.42. The second-order valence-corrected chi connectivity index (χ2v) is 6.84. The lowest BCUT2D eigenvalue weighted by molar-refractivity contribution is 0.174. The van der Waals surface area contributed by atoms with Gasteiger partial charge in [-0.3, -0.25) is 0 Å². The van der Waals surface area contributed by atoms with Crippen LogP contribution in [0.4, 0.5) is 11.8 Å². The van der Waals surface area contributed by atoms with Crippen molar-refractivity contribution < 1.29 is 9.47 Å². The summed E-state index contributed by atoms with van der Waals surface area (Å²) in [6, 6.07) is 16.1. The highest BCUT2D eigenvalue weighted by Gasteiger charge is 2.13. The molecule has 2 aromatic carbocycles. The molecule has 146 valence electrons. The summed E-state index contributed by atoms with van der Waals surface area (Å²) in [5.41, 5.74) is 3.54. The van der Waals surface area contributed by atoms with Gasteiger partial charge >= 0.3 is 0 Å². The van der Waals surface area contributed by atoms with Crippen molar-refractivity contribution in [3.05, 3.63) is 72.1 Å². The molecule has 0 saturated heterocycles. The van der Waals surface area contributed by atoms with Crippen LogP contribution in [0.1, 0.15) is 11.1 Å². The van der Waals surface area contributed by atoms with Crippen molar-refractivity contribution in [2.45, 2.75) is 13.0 Å². The lowest BCUT2D eigenvalue weighted by Crippen LogP contribution is -2.09. The van der Waals surface area contributed by atoms with Gasteiger partial charge in [0, 0.05) is 36.4 Å². The Morgan fingerprint density at radius 3 is 2.93 bits per heavy atom. The molecule has 0 spiro atoms. The van der Waals surface area contributed by atoms with Crippen LogP contribution in [0.25, 0.3) is 10.9 Å². The number of nitrogens with zero attached hydrogens (tertiary/aromatic N) is 2. The molecule has 0 amide bonds. The Labute approximate surface area is 168 Å². The highest BCUT2D eigenvalue weighted by Crippen LogP contribution is 2.32. The molecule has 0 saturated carbocycles. The van der Waals surface area contributed by atoms with Gasteiger partial charge < -0.3 is 25.1 Å². The predicted molar refractivity (Wildman–Crippen MR) is 112 cm³/mol. The van der Waals surface area contributed by atoms with Gasteiger partial charge in [0.05, 0.1) is 0 Å². The normalized spacial score (nSPS) is 12.3. The summed E-state index contributed by atoms with van der Waals surface area (Å²) in [7, 11) is 0. The first-order valence-electron chi connectivity index (χ1n) is 9.59. The molecule has 7 nitrogen and oxygen atoms in total. The molecule has 3 heterocycles. The molecular weight excluding hydrogens is 366 g/mol. The summed E-state index contributed by atoms with van der Waals surface area (Å²) in [5, 5.41) is 7.90. The number of hydrogen-bond acceptors (Lipinski definition) is 6. The van der Waals surface area contributed by atoms with E-state index in [0.29, 0.717) is 12.5 Å². The Bertz CT molecular complexity index is 1140. The topological polar surface area (TPSA) is 84.1 Å². The van der Waals surface area contributed by atoms with Crippen molar-refractivity contribution in [1.29, 1.82) is 0 Å². The number of hydrogen-bond donors (Lipinski definition) is 3. The first kappa shape index (κ1) is 17.4. The minimum absolute atomic E-state index is 0.279. The fourth-order valence-corrected chi connectivity index (χ4v) is 3.44. The van der Waals surface area contributed by atoms with Crippen molar-refractivity contribution >= 4 is 22.7 Å². The molecule has 4 aromatic rings. The SMILES string of the molecule is c1ccc2c(CCNc3ccnc(NCc4ccc5c(c4)OCO5)n3)c[nH]c2c1. The van der Waals surface area contributed by atoms with Gasteiger partial charge in [0.15, 0.2) is 11.5 Å². The second-order valence-electron chi connectivity index (χ2n) is 6.84. The number of para-hydroxylation sites is 1. The van der Waals surface area contributed by atoms with Crippen molar-refractivity contribution in [2.24, 2.45) is 0 Å². The number of aromatic nitrogens is 3. The number of H-pyrrole nitrogens is 1. The van der Waals surface area contributed by atoms with Gasteiger partial charge in [0.1, 0.15) is 5.82 Å². The van der Waals surface area contributed by atoms with Crippen molar-refractivity contribution in [2.75, 3.05) is 24.0 Å². The summed E-state index contributed by atoms with van der Waals surface area (Å²) >= 11 is 0. The molecule has 0 atom stereocenters. The molecule has 2 aromatic heterocycles. The second kappa shape index (κ2) is 7.71. The molecular formula is C22H21N5O2. The van der Waals surface area contributed by atoms with E-state index in [2.05, 4.69) is 50.0 Å². The lowest BCUT2D eigenvalue weighted by Gasteiger charge is -2.09. The molecule has 0 radical (unpaired) electrons. The van der Waals surface area contributed by atoms with Crippen LogP contribution in [0.2, 0.25) is 0 Å². The third kappa shape index (κ3) is 3.80. The molecule has 0 aliphatic carbocycles. The number of nitrogens with one attached hydrogen (secondary N) is 3. The van der Waals surface area contributed by atoms with Crippen molar-refractivity contribution in [3.63, 3.8) is 0 Å². The molecule has 1 aliphatic heterocycles. The van der Waals surface area contributed by atoms with Crippen LogP contribution in [-0.4, -0.2) is 28.3 Å². The van der Waals surface area contributed by atoms with Crippen LogP contribution in [0.15, 0.2) is 60.9 Å². The average Bonchev–Trinajstić information content (AvgIpc) is 3.39. The van der Waals surface area contributed by atoms with Crippen molar-refractivity contribution in [1.82, 2.24) is 15.0 Å². The third-order valence-corrected chi connectivity index (χ3v) is 4.92. The summed E-state index contributed by atoms with van der Waals surface area (Å²) in [6.45, 7) is 1.68. The van der Waals surface area contributed by atoms with E-state index >= 15 is 0 Å². The molecule has 0 unspecified atom stereocenters. The van der Waals surface area contributed by atoms with E-state index in [-0.39, 0.29) is 6.79 Å². The number of anilines is 2. The van der Waals surface area contributed by atoms with E-state index < -0.39 is 0 Å². The van der Waals surface area contributed by atoms with E-state index in [1.165, 1.54) is 16.5 Å². The van der Waals surface area contributed by atoms with Gasteiger partial charge in [0.2, 0.25) is 12.7 Å². The molecule has 7 heteroatoms. The Hall–Kier alpha value is -3.74. The van der Waals surface area contributed by atoms with Crippen LogP contribution in [-0.2, 0) is 13.0 Å². The molecule has 5 rings (SSSR count). The minimum Gasteiger partial charge on any atom is -0.454 e. The van der Waals surface area contributed by atoms with Gasteiger partial charge in [-0.2, -0.15) is 4.98 Å². The Morgan fingerprint density at radius 1 is 1.00 bits per heavy atom. The molecule has 0 bridgehead atoms. The average molecular weight is 387 g/mol. The zero-order chi connectivity index (χ0) is 19.5. The molecule has 0 fully saturated rings. The van der Waals surface area contributed by atoms with E-state index in [4.69, 9.17) is 9.47 Å². The highest BCUT2D eigenvalue weighted by molar-refractivity contribution is 5.83. The van der Waals surface area contributed by atoms with E-state index in [0.717, 1.165) is 35.8 Å². The quantitative estimate of drug-likeness (QED) is 0.445. The maximum absolute atomic E-state index is 5.42. The molecule has 1 aliphatic rings. The first-order valence-corrected chi connectivity index (χ1v) is 9.59. The summed E-state index contributed by atoms with van der Waals surface area (Å²) < 4.78 is 10.8. The summed E-state index contributed by atoms with van der Waals surface area (Å²) in [6.07, 6.45) is 4.74. The van der Waals surface area contributed by atoms with Crippen molar-refractivity contribution in [3.8, 4) is 11.5 Å². The van der Waals surface area contributed by atoms with Gasteiger partial charge in [-0.25, -0.2) is 4.98 Å². The van der Waals surface area contributed by atoms with Gasteiger partial charge in [-0.1, -0.05) is 24.3 Å². The van der Waals surface area contributed by atoms with E-state index in [1.807, 2.05) is 30.3 Å². The summed E-state index contributed by atoms with van der Waals surface area (Å²) in [4.78, 5) is 12.2. The third-order valence-electron chi connectivity index (χ3n) is 4.92. The van der Waals surface area contributed by atoms with Crippen LogP contribution < -0.4 is 20.1 Å². The lowest BCUT2D eigenvalue weighted by atomic mass is 10.1. The zero-order valence-electron chi connectivity index (χ0n) is 15.8. The smallest absolute Gasteiger partial charge is 0.231 e. The Kier molecular flexibility index (Phi) is 4.62. The molecule has 29 heavy (non-hydrogen) atoms. The monoisotopic (exact) mass is 387 g/mol. The highest BCUT2D eigenvalue weighted by atomic mass is 16.7. The van der Waals surface area contributed by atoms with Crippen LogP contribution in [0.3, 0.4) is 0 Å². The largest absolute Gasteiger partial charge is 0.454 e. The molecule has 3 N–H and O–H groups in total. The van der Waals surface area contributed by atoms with Crippen LogP contribution in [0, 0.1) is 0 Å². The Morgan fingerprint density at radius 2 is 1.93 bits per heavy atom. The fourth-order valence-electron chi connectivity index (χ4n) is 3.44. The zero-order valence-corrected chi connectivity index (χ0v) is 15.8. The van der Waals surface area contributed by atoms with Gasteiger partial charge in [-0.15, -0.1) is 0 Å². The van der Waals surface area contributed by atoms with Crippen LogP contribution in [0.5, 0.6) is 11.5 Å². The number of fused-ring (bicyclic) bond motifs is 2. The number of rotatable bonds is 7. The summed E-state index contributed by atoms with van der Waals surface area (Å²) in [5.74, 6) is 2.94. The standard InChI is InChI=1S/C22H21N5O2/c1-2-4-18-17(3-1)16(13-25-18)7-9-23-21-8-10-24-22(27-21)26-12-15-5-6-19-20(11-15)29-14-28-19/h1-6,8,10-11,13,25H,7,9,12,14H2,(H2,23,24,26,27). The maximum Gasteiger partial charge on any atom is 0.231 e.